The molecule has 3 aromatic rings. The molecule has 0 spiro atoms. The summed E-state index contributed by atoms with van der Waals surface area (Å²) in [6.45, 7) is 1.85. The van der Waals surface area contributed by atoms with E-state index in [1.807, 2.05) is 25.1 Å². The zero-order chi connectivity index (χ0) is 15.7. The monoisotopic (exact) mass is 376 g/mol. The Kier molecular flexibility index (Phi) is 3.88. The molecule has 1 aromatic heterocycles. The van der Waals surface area contributed by atoms with E-state index >= 15 is 0 Å². The molecule has 0 aliphatic carbocycles. The fraction of sp³-hybridized carbons (Fsp3) is 0.0625. The molecular weight excluding hydrogens is 364 g/mol. The first-order chi connectivity index (χ1) is 10.5. The molecule has 6 heteroatoms. The number of nitrogens with one attached hydrogen (secondary N) is 1. The second kappa shape index (κ2) is 5.70. The molecule has 0 radical (unpaired) electrons. The van der Waals surface area contributed by atoms with Crippen LogP contribution in [0, 0.1) is 6.92 Å². The predicted octanol–water partition coefficient (Wildman–Crippen LogP) is 4.11. The second-order valence-corrected chi connectivity index (χ2v) is 7.43. The van der Waals surface area contributed by atoms with E-state index in [1.54, 1.807) is 36.5 Å². The standard InChI is InChI=1S/C16H13BrN2O2S/c1-11-10-13(7-8-14(11)17)22(20,21)19-15-6-2-4-12-5-3-9-18-16(12)15/h2-10,19H,1H3. The molecule has 0 saturated heterocycles. The van der Waals surface area contributed by atoms with Gasteiger partial charge in [-0.05, 0) is 42.8 Å². The number of fused-ring (bicyclic) bond motifs is 1. The Balaban J connectivity index is 2.05. The first kappa shape index (κ1) is 15.0. The van der Waals surface area contributed by atoms with Crippen molar-refractivity contribution in [2.24, 2.45) is 0 Å². The van der Waals surface area contributed by atoms with Gasteiger partial charge < -0.3 is 0 Å². The number of hydrogen-bond acceptors (Lipinski definition) is 3. The predicted molar refractivity (Wildman–Crippen MR) is 91.4 cm³/mol. The van der Waals surface area contributed by atoms with Gasteiger partial charge in [0.25, 0.3) is 10.0 Å². The van der Waals surface area contributed by atoms with E-state index < -0.39 is 10.0 Å². The van der Waals surface area contributed by atoms with Crippen molar-refractivity contribution in [2.45, 2.75) is 11.8 Å². The largest absolute Gasteiger partial charge is 0.277 e. The SMILES string of the molecule is Cc1cc(S(=O)(=O)Nc2cccc3cccnc23)ccc1Br. The molecule has 22 heavy (non-hydrogen) atoms. The molecule has 3 rings (SSSR count). The molecule has 0 aliphatic rings. The normalized spacial score (nSPS) is 11.5. The third-order valence-corrected chi connectivity index (χ3v) is 5.57. The topological polar surface area (TPSA) is 59.1 Å². The number of halogens is 1. The van der Waals surface area contributed by atoms with Crippen molar-refractivity contribution in [1.82, 2.24) is 4.98 Å². The third kappa shape index (κ3) is 2.84. The van der Waals surface area contributed by atoms with Crippen LogP contribution in [0.15, 0.2) is 64.1 Å². The minimum atomic E-state index is -3.65. The average Bonchev–Trinajstić information content (AvgIpc) is 2.50. The molecule has 1 N–H and O–H groups in total. The van der Waals surface area contributed by atoms with Crippen LogP contribution < -0.4 is 4.72 Å². The number of rotatable bonds is 3. The van der Waals surface area contributed by atoms with Gasteiger partial charge in [-0.15, -0.1) is 0 Å². The zero-order valence-corrected chi connectivity index (χ0v) is 14.1. The fourth-order valence-corrected chi connectivity index (χ4v) is 3.57. The molecule has 2 aromatic carbocycles. The maximum atomic E-state index is 12.6. The minimum absolute atomic E-state index is 0.223. The number of nitrogens with zero attached hydrogens (tertiary/aromatic N) is 1. The Morgan fingerprint density at radius 3 is 2.64 bits per heavy atom. The maximum absolute atomic E-state index is 12.6. The molecular formula is C16H13BrN2O2S. The molecule has 1 heterocycles. The van der Waals surface area contributed by atoms with Crippen molar-refractivity contribution in [3.05, 3.63) is 64.8 Å². The summed E-state index contributed by atoms with van der Waals surface area (Å²) in [4.78, 5) is 4.48. The summed E-state index contributed by atoms with van der Waals surface area (Å²) in [7, 11) is -3.65. The average molecular weight is 377 g/mol. The molecule has 0 fully saturated rings. The van der Waals surface area contributed by atoms with Crippen LogP contribution in [0.3, 0.4) is 0 Å². The van der Waals surface area contributed by atoms with E-state index in [1.165, 1.54) is 0 Å². The molecule has 0 saturated carbocycles. The van der Waals surface area contributed by atoms with Gasteiger partial charge in [-0.1, -0.05) is 34.1 Å². The Morgan fingerprint density at radius 1 is 1.09 bits per heavy atom. The van der Waals surface area contributed by atoms with Crippen molar-refractivity contribution in [1.29, 1.82) is 0 Å². The number of sulfonamides is 1. The fourth-order valence-electron chi connectivity index (χ4n) is 2.17. The molecule has 0 atom stereocenters. The summed E-state index contributed by atoms with van der Waals surface area (Å²) in [5.74, 6) is 0. The first-order valence-electron chi connectivity index (χ1n) is 6.60. The first-order valence-corrected chi connectivity index (χ1v) is 8.88. The number of aromatic nitrogens is 1. The molecule has 0 aliphatic heterocycles. The Morgan fingerprint density at radius 2 is 1.86 bits per heavy atom. The van der Waals surface area contributed by atoms with Gasteiger partial charge in [0.1, 0.15) is 0 Å². The van der Waals surface area contributed by atoms with Crippen molar-refractivity contribution in [3.8, 4) is 0 Å². The zero-order valence-electron chi connectivity index (χ0n) is 11.7. The number of benzene rings is 2. The van der Waals surface area contributed by atoms with Crippen LogP contribution in [0.5, 0.6) is 0 Å². The van der Waals surface area contributed by atoms with Gasteiger partial charge in [0.05, 0.1) is 16.1 Å². The lowest BCUT2D eigenvalue weighted by Gasteiger charge is -2.11. The molecule has 112 valence electrons. The number of aryl methyl sites for hydroxylation is 1. The van der Waals surface area contributed by atoms with Gasteiger partial charge >= 0.3 is 0 Å². The van der Waals surface area contributed by atoms with E-state index in [4.69, 9.17) is 0 Å². The molecule has 0 unspecified atom stereocenters. The van der Waals surface area contributed by atoms with Crippen LogP contribution in [0.25, 0.3) is 10.9 Å². The summed E-state index contributed by atoms with van der Waals surface area (Å²) >= 11 is 3.37. The quantitative estimate of drug-likeness (QED) is 0.748. The Labute approximate surface area is 137 Å². The van der Waals surface area contributed by atoms with Gasteiger partial charge in [0, 0.05) is 16.1 Å². The highest BCUT2D eigenvalue weighted by molar-refractivity contribution is 9.10. The van der Waals surface area contributed by atoms with Crippen LogP contribution in [0.4, 0.5) is 5.69 Å². The molecule has 4 nitrogen and oxygen atoms in total. The lowest BCUT2D eigenvalue weighted by Crippen LogP contribution is -2.13. The van der Waals surface area contributed by atoms with E-state index in [-0.39, 0.29) is 4.90 Å². The summed E-state index contributed by atoms with van der Waals surface area (Å²) in [6.07, 6.45) is 1.64. The van der Waals surface area contributed by atoms with Gasteiger partial charge in [0.2, 0.25) is 0 Å². The van der Waals surface area contributed by atoms with E-state index in [2.05, 4.69) is 25.6 Å². The minimum Gasteiger partial charge on any atom is -0.277 e. The summed E-state index contributed by atoms with van der Waals surface area (Å²) in [5, 5.41) is 0.884. The summed E-state index contributed by atoms with van der Waals surface area (Å²) < 4.78 is 28.6. The van der Waals surface area contributed by atoms with E-state index in [0.717, 1.165) is 15.4 Å². The van der Waals surface area contributed by atoms with Gasteiger partial charge in [-0.25, -0.2) is 8.42 Å². The van der Waals surface area contributed by atoms with Crippen LogP contribution >= 0.6 is 15.9 Å². The lowest BCUT2D eigenvalue weighted by atomic mass is 10.2. The van der Waals surface area contributed by atoms with Crippen LogP contribution in [0.2, 0.25) is 0 Å². The highest BCUT2D eigenvalue weighted by Gasteiger charge is 2.16. The molecule has 0 bridgehead atoms. The van der Waals surface area contributed by atoms with Crippen LogP contribution in [-0.2, 0) is 10.0 Å². The smallest absolute Gasteiger partial charge is 0.261 e. The van der Waals surface area contributed by atoms with Crippen molar-refractivity contribution in [2.75, 3.05) is 4.72 Å². The van der Waals surface area contributed by atoms with Gasteiger partial charge in [0.15, 0.2) is 0 Å². The Bertz CT molecular complexity index is 950. The highest BCUT2D eigenvalue weighted by atomic mass is 79.9. The molecule has 0 amide bonds. The number of anilines is 1. The van der Waals surface area contributed by atoms with Crippen LogP contribution in [0.1, 0.15) is 5.56 Å². The van der Waals surface area contributed by atoms with Crippen molar-refractivity contribution in [3.63, 3.8) is 0 Å². The summed E-state index contributed by atoms with van der Waals surface area (Å²) in [5.41, 5.74) is 1.96. The number of hydrogen-bond donors (Lipinski definition) is 1. The van der Waals surface area contributed by atoms with Gasteiger partial charge in [-0.3, -0.25) is 9.71 Å². The van der Waals surface area contributed by atoms with Crippen molar-refractivity contribution >= 4 is 42.5 Å². The van der Waals surface area contributed by atoms with Crippen LogP contribution in [-0.4, -0.2) is 13.4 Å². The van der Waals surface area contributed by atoms with Crippen molar-refractivity contribution < 1.29 is 8.42 Å². The number of pyridine rings is 1. The second-order valence-electron chi connectivity index (χ2n) is 4.90. The summed E-state index contributed by atoms with van der Waals surface area (Å²) in [6, 6.07) is 14.0. The highest BCUT2D eigenvalue weighted by Crippen LogP contribution is 2.25. The maximum Gasteiger partial charge on any atom is 0.261 e. The Hall–Kier alpha value is -1.92. The van der Waals surface area contributed by atoms with E-state index in [0.29, 0.717) is 11.2 Å². The number of para-hydroxylation sites is 1. The lowest BCUT2D eigenvalue weighted by molar-refractivity contribution is 0.601. The van der Waals surface area contributed by atoms with Gasteiger partial charge in [-0.2, -0.15) is 0 Å². The van der Waals surface area contributed by atoms with E-state index in [9.17, 15) is 8.42 Å². The third-order valence-electron chi connectivity index (χ3n) is 3.32.